The molecule has 0 saturated carbocycles. The highest BCUT2D eigenvalue weighted by Crippen LogP contribution is 2.13. The molecule has 0 saturated heterocycles. The summed E-state index contributed by atoms with van der Waals surface area (Å²) >= 11 is 0. The number of nitrogens with zero attached hydrogens (tertiary/aromatic N) is 2. The van der Waals surface area contributed by atoms with Crippen LogP contribution in [0.15, 0.2) is 59.7 Å². The normalized spacial score (nSPS) is 10.5. The van der Waals surface area contributed by atoms with E-state index in [1.807, 2.05) is 30.3 Å². The molecule has 0 amide bonds. The van der Waals surface area contributed by atoms with E-state index in [1.54, 1.807) is 24.3 Å². The molecule has 0 fully saturated rings. The van der Waals surface area contributed by atoms with E-state index < -0.39 is 5.96 Å². The number of nitrogens with two attached hydrogens (primary N) is 2. The summed E-state index contributed by atoms with van der Waals surface area (Å²) in [5.74, 6) is 0.328. The van der Waals surface area contributed by atoms with Crippen molar-refractivity contribution in [2.45, 2.75) is 6.61 Å². The Morgan fingerprint density at radius 3 is 2.38 bits per heavy atom. The highest BCUT2D eigenvalue weighted by Gasteiger charge is 1.96. The fraction of sp³-hybridized carbons (Fsp3) is 0.0667. The monoisotopic (exact) mass is 284 g/mol. The van der Waals surface area contributed by atoms with E-state index >= 15 is 0 Å². The smallest absolute Gasteiger partial charge is 0.366 e. The predicted molar refractivity (Wildman–Crippen MR) is 81.8 cm³/mol. The third-order valence-corrected chi connectivity index (χ3v) is 2.66. The molecule has 0 radical (unpaired) electrons. The predicted octanol–water partition coefficient (Wildman–Crippen LogP) is 1.38. The third kappa shape index (κ3) is 4.54. The van der Waals surface area contributed by atoms with Crippen molar-refractivity contribution in [2.24, 2.45) is 16.6 Å². The summed E-state index contributed by atoms with van der Waals surface area (Å²) in [6.45, 7) is 0.501. The first-order valence-electron chi connectivity index (χ1n) is 6.31. The van der Waals surface area contributed by atoms with Crippen LogP contribution >= 0.6 is 0 Å². The lowest BCUT2D eigenvalue weighted by Crippen LogP contribution is -2.30. The summed E-state index contributed by atoms with van der Waals surface area (Å²) in [7, 11) is 0. The number of ether oxygens (including phenoxy) is 1. The fourth-order valence-corrected chi connectivity index (χ4v) is 1.58. The molecule has 0 aliphatic carbocycles. The number of benzene rings is 2. The fourth-order valence-electron chi connectivity index (χ4n) is 1.58. The number of rotatable bonds is 5. The van der Waals surface area contributed by atoms with Gasteiger partial charge in [-0.1, -0.05) is 30.3 Å². The Morgan fingerprint density at radius 1 is 1.10 bits per heavy atom. The minimum atomic E-state index is -0.408. The van der Waals surface area contributed by atoms with Crippen molar-refractivity contribution in [3.63, 3.8) is 0 Å². The minimum Gasteiger partial charge on any atom is -0.722 e. The Bertz CT molecular complexity index is 632. The van der Waals surface area contributed by atoms with Crippen molar-refractivity contribution < 1.29 is 9.58 Å². The van der Waals surface area contributed by atoms with Gasteiger partial charge in [-0.2, -0.15) is 0 Å². The molecule has 2 rings (SSSR count). The van der Waals surface area contributed by atoms with E-state index in [0.29, 0.717) is 6.61 Å². The maximum atomic E-state index is 11.0. The van der Waals surface area contributed by atoms with Crippen molar-refractivity contribution in [3.8, 4) is 5.75 Å². The van der Waals surface area contributed by atoms with Gasteiger partial charge in [0.1, 0.15) is 12.4 Å². The molecule has 0 aromatic heterocycles. The summed E-state index contributed by atoms with van der Waals surface area (Å²) in [5, 5.41) is 14.6. The molecule has 0 aliphatic rings. The van der Waals surface area contributed by atoms with E-state index in [1.165, 1.54) is 6.21 Å². The molecular weight excluding hydrogens is 268 g/mol. The minimum absolute atomic E-state index is 0.153. The maximum Gasteiger partial charge on any atom is 0.366 e. The second-order valence-electron chi connectivity index (χ2n) is 4.29. The summed E-state index contributed by atoms with van der Waals surface area (Å²) in [4.78, 5) is 0.153. The van der Waals surface area contributed by atoms with Crippen LogP contribution in [0.2, 0.25) is 0 Å². The molecule has 0 spiro atoms. The largest absolute Gasteiger partial charge is 0.722 e. The van der Waals surface area contributed by atoms with Crippen molar-refractivity contribution in [1.29, 1.82) is 0 Å². The molecule has 6 heteroatoms. The molecule has 108 valence electrons. The summed E-state index contributed by atoms with van der Waals surface area (Å²) in [5.41, 5.74) is 12.0. The lowest BCUT2D eigenvalue weighted by molar-refractivity contribution is -0.463. The number of guanidine groups is 1. The number of hydrogen-bond donors (Lipinski definition) is 2. The Labute approximate surface area is 122 Å². The SMILES string of the molecule is NC(N)=[N+]([O-])/N=C/c1ccc(OCc2ccccc2)cc1. The van der Waals surface area contributed by atoms with Gasteiger partial charge >= 0.3 is 5.96 Å². The van der Waals surface area contributed by atoms with Crippen LogP contribution in [0.1, 0.15) is 11.1 Å². The molecule has 0 heterocycles. The van der Waals surface area contributed by atoms with E-state index in [2.05, 4.69) is 5.10 Å². The van der Waals surface area contributed by atoms with Crippen LogP contribution in [0.25, 0.3) is 0 Å². The molecule has 2 aromatic rings. The molecule has 0 aliphatic heterocycles. The highest BCUT2D eigenvalue weighted by molar-refractivity contribution is 5.79. The standard InChI is InChI=1S/C15H16N4O2/c16-15(17)19(20)18-10-12-6-8-14(9-7-12)21-11-13-4-2-1-3-5-13/h1-10H,11,16-17H2/b18-10+. The van der Waals surface area contributed by atoms with Crippen LogP contribution in [0.5, 0.6) is 5.75 Å². The Hall–Kier alpha value is -3.02. The van der Waals surface area contributed by atoms with Crippen molar-refractivity contribution in [3.05, 3.63) is 70.9 Å². The average Bonchev–Trinajstić information content (AvgIpc) is 2.52. The van der Waals surface area contributed by atoms with Gasteiger partial charge in [0.25, 0.3) is 0 Å². The van der Waals surface area contributed by atoms with Gasteiger partial charge in [-0.15, -0.1) is 9.95 Å². The van der Waals surface area contributed by atoms with E-state index in [4.69, 9.17) is 16.2 Å². The van der Waals surface area contributed by atoms with E-state index in [0.717, 1.165) is 16.9 Å². The first-order chi connectivity index (χ1) is 10.1. The highest BCUT2D eigenvalue weighted by atomic mass is 16.5. The van der Waals surface area contributed by atoms with Gasteiger partial charge in [0.05, 0.1) is 6.21 Å². The van der Waals surface area contributed by atoms with Crippen LogP contribution in [-0.4, -0.2) is 17.0 Å². The Morgan fingerprint density at radius 2 is 1.76 bits per heavy atom. The van der Waals surface area contributed by atoms with Crippen LogP contribution in [0, 0.1) is 5.21 Å². The van der Waals surface area contributed by atoms with Gasteiger partial charge < -0.3 is 9.94 Å². The van der Waals surface area contributed by atoms with Gasteiger partial charge in [0.2, 0.25) is 0 Å². The molecule has 0 bridgehead atoms. The zero-order valence-corrected chi connectivity index (χ0v) is 11.3. The topological polar surface area (TPSA) is 99.7 Å². The summed E-state index contributed by atoms with van der Waals surface area (Å²) in [6.07, 6.45) is 1.37. The van der Waals surface area contributed by atoms with Crippen molar-refractivity contribution in [1.82, 2.24) is 0 Å². The van der Waals surface area contributed by atoms with Crippen molar-refractivity contribution >= 4 is 12.2 Å². The third-order valence-electron chi connectivity index (χ3n) is 2.66. The molecule has 4 N–H and O–H groups in total. The van der Waals surface area contributed by atoms with Gasteiger partial charge in [-0.3, -0.25) is 11.5 Å². The van der Waals surface area contributed by atoms with Gasteiger partial charge in [-0.25, -0.2) is 0 Å². The van der Waals surface area contributed by atoms with Crippen LogP contribution in [-0.2, 0) is 6.61 Å². The Kier molecular flexibility index (Phi) is 4.76. The van der Waals surface area contributed by atoms with Gasteiger partial charge in [0.15, 0.2) is 0 Å². The molecule has 2 aromatic carbocycles. The summed E-state index contributed by atoms with van der Waals surface area (Å²) < 4.78 is 5.65. The van der Waals surface area contributed by atoms with Gasteiger partial charge in [-0.05, 0) is 35.4 Å². The maximum absolute atomic E-state index is 11.0. The lowest BCUT2D eigenvalue weighted by atomic mass is 10.2. The van der Waals surface area contributed by atoms with Crippen LogP contribution in [0.3, 0.4) is 0 Å². The molecule has 6 nitrogen and oxygen atoms in total. The molecule has 0 atom stereocenters. The lowest BCUT2D eigenvalue weighted by Gasteiger charge is -2.06. The second-order valence-corrected chi connectivity index (χ2v) is 4.29. The number of hydrazone groups is 1. The van der Waals surface area contributed by atoms with E-state index in [9.17, 15) is 5.21 Å². The van der Waals surface area contributed by atoms with Crippen LogP contribution < -0.4 is 16.2 Å². The van der Waals surface area contributed by atoms with E-state index in [-0.39, 0.29) is 4.85 Å². The Balaban J connectivity index is 1.95. The number of hydrogen-bond acceptors (Lipinski definition) is 3. The van der Waals surface area contributed by atoms with Gasteiger partial charge in [0, 0.05) is 0 Å². The average molecular weight is 284 g/mol. The zero-order chi connectivity index (χ0) is 15.1. The first kappa shape index (κ1) is 14.4. The quantitative estimate of drug-likeness (QED) is 0.285. The molecular formula is C15H16N4O2. The molecule has 0 unspecified atom stereocenters. The zero-order valence-electron chi connectivity index (χ0n) is 11.3. The molecule has 21 heavy (non-hydrogen) atoms. The summed E-state index contributed by atoms with van der Waals surface area (Å²) in [6, 6.07) is 17.1. The first-order valence-corrected chi connectivity index (χ1v) is 6.31. The second kappa shape index (κ2) is 6.95. The van der Waals surface area contributed by atoms with Crippen molar-refractivity contribution in [2.75, 3.05) is 0 Å². The van der Waals surface area contributed by atoms with Crippen LogP contribution in [0.4, 0.5) is 0 Å².